The summed E-state index contributed by atoms with van der Waals surface area (Å²) in [5.41, 5.74) is 4.56. The first-order valence-corrected chi connectivity index (χ1v) is 9.29. The first-order valence-electron chi connectivity index (χ1n) is 9.29. The first kappa shape index (κ1) is 20.2. The molecule has 0 saturated carbocycles. The lowest BCUT2D eigenvalue weighted by atomic mass is 10.1. The van der Waals surface area contributed by atoms with E-state index >= 15 is 0 Å². The molecule has 0 bridgehead atoms. The summed E-state index contributed by atoms with van der Waals surface area (Å²) < 4.78 is 10.6. The average molecular weight is 391 g/mol. The SMILES string of the molecule is COc1ccc(CNc2ccc(NC(=O)c3ccc(C)c(C)c3)cn2)cc1OC. The number of hydrogen-bond donors (Lipinski definition) is 2. The van der Waals surface area contributed by atoms with Crippen molar-refractivity contribution in [2.24, 2.45) is 0 Å². The van der Waals surface area contributed by atoms with E-state index in [0.29, 0.717) is 35.1 Å². The first-order chi connectivity index (χ1) is 14.0. The van der Waals surface area contributed by atoms with Gasteiger partial charge in [0.25, 0.3) is 5.91 Å². The van der Waals surface area contributed by atoms with Gasteiger partial charge in [0.05, 0.1) is 26.1 Å². The molecule has 0 fully saturated rings. The summed E-state index contributed by atoms with van der Waals surface area (Å²) in [5.74, 6) is 1.94. The zero-order valence-electron chi connectivity index (χ0n) is 17.1. The molecule has 2 N–H and O–H groups in total. The minimum Gasteiger partial charge on any atom is -0.493 e. The number of carbonyl (C=O) groups excluding carboxylic acids is 1. The van der Waals surface area contributed by atoms with Gasteiger partial charge < -0.3 is 20.1 Å². The topological polar surface area (TPSA) is 72.5 Å². The molecule has 3 aromatic rings. The number of hydrogen-bond acceptors (Lipinski definition) is 5. The van der Waals surface area contributed by atoms with Crippen molar-refractivity contribution in [3.63, 3.8) is 0 Å². The lowest BCUT2D eigenvalue weighted by Crippen LogP contribution is -2.12. The third-order valence-corrected chi connectivity index (χ3v) is 4.71. The van der Waals surface area contributed by atoms with Crippen LogP contribution in [-0.4, -0.2) is 25.1 Å². The van der Waals surface area contributed by atoms with Crippen LogP contribution in [0, 0.1) is 13.8 Å². The van der Waals surface area contributed by atoms with Crippen molar-refractivity contribution in [1.82, 2.24) is 4.98 Å². The Hall–Kier alpha value is -3.54. The third kappa shape index (κ3) is 5.04. The van der Waals surface area contributed by atoms with Crippen LogP contribution in [0.5, 0.6) is 11.5 Å². The van der Waals surface area contributed by atoms with Crippen LogP contribution in [0.1, 0.15) is 27.0 Å². The van der Waals surface area contributed by atoms with Gasteiger partial charge in [0.2, 0.25) is 0 Å². The predicted molar refractivity (Wildman–Crippen MR) is 115 cm³/mol. The van der Waals surface area contributed by atoms with Gasteiger partial charge in [-0.25, -0.2) is 4.98 Å². The summed E-state index contributed by atoms with van der Waals surface area (Å²) in [6, 6.07) is 15.1. The molecule has 150 valence electrons. The van der Waals surface area contributed by atoms with Gasteiger partial charge in [-0.05, 0) is 66.9 Å². The number of amides is 1. The molecule has 1 aromatic heterocycles. The van der Waals surface area contributed by atoms with Crippen molar-refractivity contribution in [1.29, 1.82) is 0 Å². The maximum absolute atomic E-state index is 12.4. The van der Waals surface area contributed by atoms with E-state index in [0.717, 1.165) is 16.7 Å². The molecule has 0 aliphatic heterocycles. The molecule has 0 atom stereocenters. The van der Waals surface area contributed by atoms with Crippen molar-refractivity contribution >= 4 is 17.4 Å². The lowest BCUT2D eigenvalue weighted by Gasteiger charge is -2.11. The van der Waals surface area contributed by atoms with Gasteiger partial charge in [-0.15, -0.1) is 0 Å². The number of aromatic nitrogens is 1. The molecule has 0 unspecified atom stereocenters. The van der Waals surface area contributed by atoms with Crippen LogP contribution in [0.3, 0.4) is 0 Å². The summed E-state index contributed by atoms with van der Waals surface area (Å²) in [6.07, 6.45) is 1.63. The van der Waals surface area contributed by atoms with Gasteiger partial charge in [0, 0.05) is 12.1 Å². The molecular weight excluding hydrogens is 366 g/mol. The van der Waals surface area contributed by atoms with Crippen molar-refractivity contribution in [3.05, 3.63) is 77.0 Å². The Bertz CT molecular complexity index is 1000. The Balaban J connectivity index is 1.60. The highest BCUT2D eigenvalue weighted by atomic mass is 16.5. The second-order valence-corrected chi connectivity index (χ2v) is 6.73. The van der Waals surface area contributed by atoms with E-state index in [1.807, 2.05) is 62.4 Å². The van der Waals surface area contributed by atoms with E-state index < -0.39 is 0 Å². The van der Waals surface area contributed by atoms with Crippen LogP contribution in [0.25, 0.3) is 0 Å². The number of benzene rings is 2. The second-order valence-electron chi connectivity index (χ2n) is 6.73. The van der Waals surface area contributed by atoms with Crippen LogP contribution in [0.2, 0.25) is 0 Å². The number of nitrogens with one attached hydrogen (secondary N) is 2. The van der Waals surface area contributed by atoms with Gasteiger partial charge in [0.15, 0.2) is 11.5 Å². The number of carbonyl (C=O) groups is 1. The molecule has 6 heteroatoms. The highest BCUT2D eigenvalue weighted by Gasteiger charge is 2.08. The molecule has 29 heavy (non-hydrogen) atoms. The van der Waals surface area contributed by atoms with Crippen LogP contribution in [-0.2, 0) is 6.54 Å². The molecule has 1 amide bonds. The van der Waals surface area contributed by atoms with Crippen molar-refractivity contribution in [2.75, 3.05) is 24.9 Å². The normalized spacial score (nSPS) is 10.3. The monoisotopic (exact) mass is 391 g/mol. The molecule has 0 radical (unpaired) electrons. The van der Waals surface area contributed by atoms with E-state index in [1.54, 1.807) is 20.4 Å². The fraction of sp³-hybridized carbons (Fsp3) is 0.217. The number of aryl methyl sites for hydroxylation is 2. The Morgan fingerprint density at radius 3 is 2.38 bits per heavy atom. The fourth-order valence-corrected chi connectivity index (χ4v) is 2.84. The summed E-state index contributed by atoms with van der Waals surface area (Å²) in [6.45, 7) is 4.60. The van der Waals surface area contributed by atoms with E-state index in [4.69, 9.17) is 9.47 Å². The molecule has 0 spiro atoms. The molecule has 1 heterocycles. The lowest BCUT2D eigenvalue weighted by molar-refractivity contribution is 0.102. The highest BCUT2D eigenvalue weighted by Crippen LogP contribution is 2.27. The van der Waals surface area contributed by atoms with Crippen molar-refractivity contribution < 1.29 is 14.3 Å². The standard InChI is InChI=1S/C23H25N3O3/c1-15-5-7-18(11-16(15)2)23(27)26-19-8-10-22(25-14-19)24-13-17-6-9-20(28-3)21(12-17)29-4/h5-12,14H,13H2,1-4H3,(H,24,25)(H,26,27). The minimum absolute atomic E-state index is 0.152. The van der Waals surface area contributed by atoms with Crippen LogP contribution in [0.15, 0.2) is 54.7 Å². The van der Waals surface area contributed by atoms with Gasteiger partial charge in [0.1, 0.15) is 5.82 Å². The van der Waals surface area contributed by atoms with E-state index in [1.165, 1.54) is 0 Å². The zero-order chi connectivity index (χ0) is 20.8. The number of anilines is 2. The fourth-order valence-electron chi connectivity index (χ4n) is 2.84. The number of methoxy groups -OCH3 is 2. The number of rotatable bonds is 7. The number of nitrogens with zero attached hydrogens (tertiary/aromatic N) is 1. The van der Waals surface area contributed by atoms with Crippen molar-refractivity contribution in [3.8, 4) is 11.5 Å². The summed E-state index contributed by atoms with van der Waals surface area (Å²) in [4.78, 5) is 16.8. The van der Waals surface area contributed by atoms with Crippen LogP contribution >= 0.6 is 0 Å². The smallest absolute Gasteiger partial charge is 0.255 e. The summed E-state index contributed by atoms with van der Waals surface area (Å²) in [5, 5.41) is 6.13. The molecule has 0 saturated heterocycles. The van der Waals surface area contributed by atoms with Gasteiger partial charge >= 0.3 is 0 Å². The molecule has 6 nitrogen and oxygen atoms in total. The Morgan fingerprint density at radius 2 is 1.72 bits per heavy atom. The zero-order valence-corrected chi connectivity index (χ0v) is 17.1. The Morgan fingerprint density at radius 1 is 0.931 bits per heavy atom. The van der Waals surface area contributed by atoms with Crippen LogP contribution in [0.4, 0.5) is 11.5 Å². The van der Waals surface area contributed by atoms with E-state index in [9.17, 15) is 4.79 Å². The van der Waals surface area contributed by atoms with E-state index in [-0.39, 0.29) is 5.91 Å². The second kappa shape index (κ2) is 9.10. The quantitative estimate of drug-likeness (QED) is 0.617. The van der Waals surface area contributed by atoms with Gasteiger partial charge in [-0.2, -0.15) is 0 Å². The molecule has 2 aromatic carbocycles. The third-order valence-electron chi connectivity index (χ3n) is 4.71. The van der Waals surface area contributed by atoms with Crippen LogP contribution < -0.4 is 20.1 Å². The maximum atomic E-state index is 12.4. The molecule has 0 aliphatic rings. The van der Waals surface area contributed by atoms with Gasteiger partial charge in [-0.1, -0.05) is 12.1 Å². The largest absolute Gasteiger partial charge is 0.493 e. The summed E-state index contributed by atoms with van der Waals surface area (Å²) in [7, 11) is 3.22. The van der Waals surface area contributed by atoms with Crippen molar-refractivity contribution in [2.45, 2.75) is 20.4 Å². The van der Waals surface area contributed by atoms with Gasteiger partial charge in [-0.3, -0.25) is 4.79 Å². The minimum atomic E-state index is -0.152. The molecule has 3 rings (SSSR count). The molecular formula is C23H25N3O3. The van der Waals surface area contributed by atoms with E-state index in [2.05, 4.69) is 15.6 Å². The highest BCUT2D eigenvalue weighted by molar-refractivity contribution is 6.04. The number of ether oxygens (including phenoxy) is 2. The molecule has 0 aliphatic carbocycles. The summed E-state index contributed by atoms with van der Waals surface area (Å²) >= 11 is 0. The Kier molecular flexibility index (Phi) is 6.34. The average Bonchev–Trinajstić information content (AvgIpc) is 2.74. The Labute approximate surface area is 170 Å². The predicted octanol–water partition coefficient (Wildman–Crippen LogP) is 4.58. The maximum Gasteiger partial charge on any atom is 0.255 e. The number of pyridine rings is 1.